The molecule has 2 rings (SSSR count). The second-order valence-corrected chi connectivity index (χ2v) is 6.21. The minimum atomic E-state index is 0. The molecule has 0 radical (unpaired) electrons. The number of hydrogen-bond acceptors (Lipinski definition) is 4. The van der Waals surface area contributed by atoms with Gasteiger partial charge in [0.05, 0.1) is 11.2 Å². The minimum absolute atomic E-state index is 0. The second kappa shape index (κ2) is 6.14. The van der Waals surface area contributed by atoms with Crippen LogP contribution >= 0.6 is 23.7 Å². The maximum Gasteiger partial charge on any atom is 0.0798 e. The van der Waals surface area contributed by atoms with Crippen molar-refractivity contribution in [3.05, 3.63) is 16.1 Å². The lowest BCUT2D eigenvalue weighted by molar-refractivity contribution is 0.204. The second-order valence-electron chi connectivity index (χ2n) is 5.27. The van der Waals surface area contributed by atoms with Gasteiger partial charge in [0.1, 0.15) is 0 Å². The van der Waals surface area contributed by atoms with Gasteiger partial charge in [0.15, 0.2) is 0 Å². The summed E-state index contributed by atoms with van der Waals surface area (Å²) < 4.78 is 0. The van der Waals surface area contributed by atoms with E-state index in [9.17, 15) is 0 Å². The van der Waals surface area contributed by atoms with E-state index in [1.807, 2.05) is 5.51 Å². The van der Waals surface area contributed by atoms with Crippen molar-refractivity contribution in [3.63, 3.8) is 0 Å². The SMILES string of the molecule is Cc1ncsc1CN(C)CC1(C)CCNC1.Cl. The van der Waals surface area contributed by atoms with Crippen molar-refractivity contribution >= 4 is 23.7 Å². The standard InChI is InChI=1S/C12H21N3S.ClH/c1-10-11(16-9-14-10)6-15(3)8-12(2)4-5-13-7-12;/h9,13H,4-8H2,1-3H3;1H. The number of hydrogen-bond donors (Lipinski definition) is 1. The molecule has 17 heavy (non-hydrogen) atoms. The highest BCUT2D eigenvalue weighted by Gasteiger charge is 2.29. The molecule has 1 aromatic rings. The summed E-state index contributed by atoms with van der Waals surface area (Å²) in [5, 5.41) is 3.45. The van der Waals surface area contributed by atoms with E-state index < -0.39 is 0 Å². The molecule has 5 heteroatoms. The molecule has 1 N–H and O–H groups in total. The van der Waals surface area contributed by atoms with Crippen molar-refractivity contribution < 1.29 is 0 Å². The Morgan fingerprint density at radius 2 is 2.35 bits per heavy atom. The molecule has 1 aliphatic heterocycles. The van der Waals surface area contributed by atoms with Crippen molar-refractivity contribution in [2.75, 3.05) is 26.7 Å². The quantitative estimate of drug-likeness (QED) is 0.914. The molecule has 2 heterocycles. The zero-order valence-electron chi connectivity index (χ0n) is 10.8. The fourth-order valence-electron chi connectivity index (χ4n) is 2.43. The van der Waals surface area contributed by atoms with Gasteiger partial charge in [-0.3, -0.25) is 0 Å². The maximum absolute atomic E-state index is 4.30. The smallest absolute Gasteiger partial charge is 0.0798 e. The first kappa shape index (κ1) is 14.9. The maximum atomic E-state index is 4.30. The number of nitrogens with one attached hydrogen (secondary N) is 1. The Labute approximate surface area is 114 Å². The molecule has 0 aliphatic carbocycles. The number of thiazole rings is 1. The van der Waals surface area contributed by atoms with Crippen molar-refractivity contribution in [2.45, 2.75) is 26.8 Å². The Bertz CT molecular complexity index is 347. The van der Waals surface area contributed by atoms with Gasteiger partial charge in [-0.05, 0) is 32.4 Å². The zero-order valence-corrected chi connectivity index (χ0v) is 12.5. The summed E-state index contributed by atoms with van der Waals surface area (Å²) in [4.78, 5) is 8.12. The highest BCUT2D eigenvalue weighted by atomic mass is 35.5. The highest BCUT2D eigenvalue weighted by molar-refractivity contribution is 7.09. The summed E-state index contributed by atoms with van der Waals surface area (Å²) in [7, 11) is 2.21. The van der Waals surface area contributed by atoms with E-state index in [4.69, 9.17) is 0 Å². The molecule has 0 spiro atoms. The third-order valence-electron chi connectivity index (χ3n) is 3.37. The Kier molecular flexibility index (Phi) is 5.38. The van der Waals surface area contributed by atoms with E-state index in [0.29, 0.717) is 5.41 Å². The van der Waals surface area contributed by atoms with Crippen LogP contribution in [0.25, 0.3) is 0 Å². The van der Waals surface area contributed by atoms with Gasteiger partial charge < -0.3 is 10.2 Å². The van der Waals surface area contributed by atoms with Gasteiger partial charge in [0, 0.05) is 24.5 Å². The molecule has 1 fully saturated rings. The van der Waals surface area contributed by atoms with Gasteiger partial charge in [-0.25, -0.2) is 4.98 Å². The Morgan fingerprint density at radius 3 is 2.88 bits per heavy atom. The van der Waals surface area contributed by atoms with Crippen LogP contribution in [0.15, 0.2) is 5.51 Å². The average molecular weight is 276 g/mol. The van der Waals surface area contributed by atoms with Crippen LogP contribution < -0.4 is 5.32 Å². The molecule has 1 unspecified atom stereocenters. The lowest BCUT2D eigenvalue weighted by Gasteiger charge is -2.28. The monoisotopic (exact) mass is 275 g/mol. The van der Waals surface area contributed by atoms with Crippen LogP contribution in [0.3, 0.4) is 0 Å². The molecule has 1 saturated heterocycles. The summed E-state index contributed by atoms with van der Waals surface area (Å²) in [6.07, 6.45) is 1.29. The summed E-state index contributed by atoms with van der Waals surface area (Å²) in [6, 6.07) is 0. The first-order valence-electron chi connectivity index (χ1n) is 5.87. The van der Waals surface area contributed by atoms with E-state index in [0.717, 1.165) is 19.6 Å². The summed E-state index contributed by atoms with van der Waals surface area (Å²) in [5.41, 5.74) is 3.58. The first-order valence-corrected chi connectivity index (χ1v) is 6.75. The average Bonchev–Trinajstić information content (AvgIpc) is 2.77. The predicted octanol–water partition coefficient (Wildman–Crippen LogP) is 2.30. The Hall–Kier alpha value is -0.160. The van der Waals surface area contributed by atoms with Crippen LogP contribution in [0.2, 0.25) is 0 Å². The van der Waals surface area contributed by atoms with Crippen molar-refractivity contribution in [1.29, 1.82) is 0 Å². The molecule has 0 bridgehead atoms. The normalized spacial score (nSPS) is 24.0. The molecule has 1 aromatic heterocycles. The van der Waals surface area contributed by atoms with Gasteiger partial charge in [-0.2, -0.15) is 0 Å². The lowest BCUT2D eigenvalue weighted by Crippen LogP contribution is -2.34. The van der Waals surface area contributed by atoms with Crippen LogP contribution in [0.1, 0.15) is 23.9 Å². The van der Waals surface area contributed by atoms with Gasteiger partial charge in [-0.1, -0.05) is 6.92 Å². The van der Waals surface area contributed by atoms with Gasteiger partial charge >= 0.3 is 0 Å². The molecule has 3 nitrogen and oxygen atoms in total. The first-order chi connectivity index (χ1) is 7.59. The fraction of sp³-hybridized carbons (Fsp3) is 0.750. The molecule has 0 aromatic carbocycles. The number of aromatic nitrogens is 1. The molecule has 1 atom stereocenters. The van der Waals surface area contributed by atoms with E-state index in [2.05, 4.69) is 36.1 Å². The minimum Gasteiger partial charge on any atom is -0.316 e. The Balaban J connectivity index is 0.00000144. The predicted molar refractivity (Wildman–Crippen MR) is 76.0 cm³/mol. The van der Waals surface area contributed by atoms with E-state index in [-0.39, 0.29) is 12.4 Å². The van der Waals surface area contributed by atoms with Crippen molar-refractivity contribution in [1.82, 2.24) is 15.2 Å². The van der Waals surface area contributed by atoms with Gasteiger partial charge in [-0.15, -0.1) is 23.7 Å². The van der Waals surface area contributed by atoms with Crippen LogP contribution in [-0.2, 0) is 6.54 Å². The summed E-state index contributed by atoms with van der Waals surface area (Å²) in [6.45, 7) is 8.99. The van der Waals surface area contributed by atoms with Gasteiger partial charge in [0.25, 0.3) is 0 Å². The molecule has 0 amide bonds. The van der Waals surface area contributed by atoms with Crippen molar-refractivity contribution in [2.24, 2.45) is 5.41 Å². The number of halogens is 1. The Morgan fingerprint density at radius 1 is 1.59 bits per heavy atom. The molecular weight excluding hydrogens is 254 g/mol. The summed E-state index contributed by atoms with van der Waals surface area (Å²) >= 11 is 1.77. The van der Waals surface area contributed by atoms with Crippen LogP contribution in [0.4, 0.5) is 0 Å². The summed E-state index contributed by atoms with van der Waals surface area (Å²) in [5.74, 6) is 0. The van der Waals surface area contributed by atoms with Crippen LogP contribution in [0, 0.1) is 12.3 Å². The topological polar surface area (TPSA) is 28.2 Å². The van der Waals surface area contributed by atoms with E-state index in [1.165, 1.54) is 23.5 Å². The highest BCUT2D eigenvalue weighted by Crippen LogP contribution is 2.26. The van der Waals surface area contributed by atoms with Gasteiger partial charge in [0.2, 0.25) is 0 Å². The number of rotatable bonds is 4. The molecular formula is C12H22ClN3S. The largest absolute Gasteiger partial charge is 0.316 e. The van der Waals surface area contributed by atoms with E-state index in [1.54, 1.807) is 11.3 Å². The number of nitrogens with zero attached hydrogens (tertiary/aromatic N) is 2. The van der Waals surface area contributed by atoms with Crippen LogP contribution in [-0.4, -0.2) is 36.6 Å². The van der Waals surface area contributed by atoms with E-state index >= 15 is 0 Å². The van der Waals surface area contributed by atoms with Crippen LogP contribution in [0.5, 0.6) is 0 Å². The molecule has 0 saturated carbocycles. The third-order valence-corrected chi connectivity index (χ3v) is 4.29. The fourth-order valence-corrected chi connectivity index (χ4v) is 3.29. The lowest BCUT2D eigenvalue weighted by atomic mass is 9.89. The number of aryl methyl sites for hydroxylation is 1. The zero-order chi connectivity index (χ0) is 11.6. The molecule has 98 valence electrons. The molecule has 1 aliphatic rings. The van der Waals surface area contributed by atoms with Crippen molar-refractivity contribution in [3.8, 4) is 0 Å². The third kappa shape index (κ3) is 3.91.